The first-order valence-electron chi connectivity index (χ1n) is 7.05. The zero-order valence-electron chi connectivity index (χ0n) is 11.9. The van der Waals surface area contributed by atoms with Gasteiger partial charge in [0.1, 0.15) is 0 Å². The molecule has 0 saturated carbocycles. The van der Waals surface area contributed by atoms with Crippen molar-refractivity contribution in [1.82, 2.24) is 4.31 Å². The third-order valence-corrected chi connectivity index (χ3v) is 6.05. The molecule has 0 radical (unpaired) electrons. The van der Waals surface area contributed by atoms with E-state index < -0.39 is 10.0 Å². The summed E-state index contributed by atoms with van der Waals surface area (Å²) >= 11 is 0. The first-order chi connectivity index (χ1) is 9.89. The van der Waals surface area contributed by atoms with Crippen molar-refractivity contribution in [2.75, 3.05) is 25.0 Å². The van der Waals surface area contributed by atoms with E-state index in [4.69, 9.17) is 5.73 Å². The number of amides is 1. The van der Waals surface area contributed by atoms with Crippen LogP contribution in [0.1, 0.15) is 18.4 Å². The van der Waals surface area contributed by atoms with Crippen LogP contribution in [-0.2, 0) is 21.2 Å². The molecule has 0 bridgehead atoms. The number of fused-ring (bicyclic) bond motifs is 1. The van der Waals surface area contributed by atoms with Crippen LogP contribution in [0.15, 0.2) is 23.1 Å². The highest BCUT2D eigenvalue weighted by Gasteiger charge is 2.31. The van der Waals surface area contributed by atoms with Gasteiger partial charge in [0.25, 0.3) is 0 Å². The van der Waals surface area contributed by atoms with Gasteiger partial charge < -0.3 is 10.6 Å². The van der Waals surface area contributed by atoms with E-state index in [0.717, 1.165) is 24.1 Å². The number of hydrogen-bond acceptors (Lipinski definition) is 4. The molecule has 7 heteroatoms. The molecule has 2 aliphatic rings. The highest BCUT2D eigenvalue weighted by Crippen LogP contribution is 2.31. The number of nitrogens with two attached hydrogens (primary N) is 1. The first kappa shape index (κ1) is 14.5. The largest absolute Gasteiger partial charge is 0.327 e. The molecule has 6 nitrogen and oxygen atoms in total. The maximum absolute atomic E-state index is 12.7. The maximum Gasteiger partial charge on any atom is 0.243 e. The molecular weight excluding hydrogens is 290 g/mol. The van der Waals surface area contributed by atoms with Gasteiger partial charge in [0, 0.05) is 31.9 Å². The van der Waals surface area contributed by atoms with Crippen molar-refractivity contribution in [2.24, 2.45) is 5.73 Å². The van der Waals surface area contributed by atoms with Gasteiger partial charge in [-0.25, -0.2) is 8.42 Å². The fraction of sp³-hybridized carbons (Fsp3) is 0.500. The Labute approximate surface area is 124 Å². The molecule has 1 atom stereocenters. The molecule has 2 N–H and O–H groups in total. The van der Waals surface area contributed by atoms with Gasteiger partial charge in [-0.15, -0.1) is 0 Å². The SMILES string of the molecule is CN1C(=O)Cc2cc(S(=O)(=O)N3CCC[C@@H](N)C3)ccc21. The molecule has 1 fully saturated rings. The van der Waals surface area contributed by atoms with E-state index in [1.165, 1.54) is 4.31 Å². The fourth-order valence-electron chi connectivity index (χ4n) is 2.95. The van der Waals surface area contributed by atoms with Crippen molar-refractivity contribution in [3.8, 4) is 0 Å². The second-order valence-corrected chi connectivity index (χ2v) is 7.62. The van der Waals surface area contributed by atoms with E-state index in [9.17, 15) is 13.2 Å². The Morgan fingerprint density at radius 3 is 2.81 bits per heavy atom. The average Bonchev–Trinajstić information content (AvgIpc) is 2.73. The third-order valence-electron chi connectivity index (χ3n) is 4.19. The summed E-state index contributed by atoms with van der Waals surface area (Å²) < 4.78 is 26.8. The number of hydrogen-bond donors (Lipinski definition) is 1. The average molecular weight is 309 g/mol. The van der Waals surface area contributed by atoms with Crippen molar-refractivity contribution < 1.29 is 13.2 Å². The smallest absolute Gasteiger partial charge is 0.243 e. The van der Waals surface area contributed by atoms with Gasteiger partial charge >= 0.3 is 0 Å². The van der Waals surface area contributed by atoms with Gasteiger partial charge in [-0.3, -0.25) is 4.79 Å². The normalized spacial score (nSPS) is 23.4. The Hall–Kier alpha value is -1.44. The number of sulfonamides is 1. The zero-order valence-corrected chi connectivity index (χ0v) is 12.8. The van der Waals surface area contributed by atoms with Gasteiger partial charge in [0.15, 0.2) is 0 Å². The Bertz CT molecular complexity index is 687. The van der Waals surface area contributed by atoms with Gasteiger partial charge in [0.2, 0.25) is 15.9 Å². The molecule has 0 unspecified atom stereocenters. The lowest BCUT2D eigenvalue weighted by Gasteiger charge is -2.30. The Morgan fingerprint density at radius 2 is 2.10 bits per heavy atom. The Balaban J connectivity index is 1.94. The van der Waals surface area contributed by atoms with E-state index in [1.807, 2.05) is 0 Å². The molecule has 1 aromatic carbocycles. The summed E-state index contributed by atoms with van der Waals surface area (Å²) in [6.45, 7) is 0.865. The maximum atomic E-state index is 12.7. The van der Waals surface area contributed by atoms with Crippen LogP contribution < -0.4 is 10.6 Å². The van der Waals surface area contributed by atoms with Gasteiger partial charge in [0.05, 0.1) is 11.3 Å². The van der Waals surface area contributed by atoms with E-state index in [-0.39, 0.29) is 23.3 Å². The molecule has 1 saturated heterocycles. The minimum absolute atomic E-state index is 0.0143. The predicted molar refractivity (Wildman–Crippen MR) is 79.5 cm³/mol. The number of likely N-dealkylation sites (N-methyl/N-ethyl adjacent to an activating group) is 1. The van der Waals surface area contributed by atoms with Crippen LogP contribution in [0.3, 0.4) is 0 Å². The molecule has 3 rings (SSSR count). The highest BCUT2D eigenvalue weighted by molar-refractivity contribution is 7.89. The third kappa shape index (κ3) is 2.45. The summed E-state index contributed by atoms with van der Waals surface area (Å²) in [5.41, 5.74) is 7.42. The van der Waals surface area contributed by atoms with Gasteiger partial charge in [-0.1, -0.05) is 0 Å². The summed E-state index contributed by atoms with van der Waals surface area (Å²) in [5.74, 6) is -0.0143. The zero-order chi connectivity index (χ0) is 15.2. The summed E-state index contributed by atoms with van der Waals surface area (Å²) in [5, 5.41) is 0. The van der Waals surface area contributed by atoms with E-state index >= 15 is 0 Å². The number of carbonyl (C=O) groups is 1. The van der Waals surface area contributed by atoms with Crippen LogP contribution in [0.5, 0.6) is 0 Å². The number of rotatable bonds is 2. The second kappa shape index (κ2) is 5.08. The Morgan fingerprint density at radius 1 is 1.33 bits per heavy atom. The van der Waals surface area contributed by atoms with E-state index in [1.54, 1.807) is 30.1 Å². The van der Waals surface area contributed by atoms with E-state index in [0.29, 0.717) is 13.1 Å². The lowest BCUT2D eigenvalue weighted by Crippen LogP contribution is -2.45. The van der Waals surface area contributed by atoms with Crippen molar-refractivity contribution in [2.45, 2.75) is 30.2 Å². The summed E-state index contributed by atoms with van der Waals surface area (Å²) in [6.07, 6.45) is 1.90. The summed E-state index contributed by atoms with van der Waals surface area (Å²) in [4.78, 5) is 13.5. The van der Waals surface area contributed by atoms with Crippen LogP contribution in [0.4, 0.5) is 5.69 Å². The molecule has 2 aliphatic heterocycles. The van der Waals surface area contributed by atoms with E-state index in [2.05, 4.69) is 0 Å². The molecule has 0 spiro atoms. The molecule has 0 aromatic heterocycles. The lowest BCUT2D eigenvalue weighted by molar-refractivity contribution is -0.117. The molecule has 114 valence electrons. The molecule has 21 heavy (non-hydrogen) atoms. The molecule has 2 heterocycles. The molecule has 0 aliphatic carbocycles. The topological polar surface area (TPSA) is 83.7 Å². The standard InChI is InChI=1S/C14H19N3O3S/c1-16-13-5-4-12(7-10(13)8-14(16)18)21(19,20)17-6-2-3-11(15)9-17/h4-5,7,11H,2-3,6,8-9,15H2,1H3/t11-/m1/s1. The molecule has 1 aromatic rings. The van der Waals surface area contributed by atoms with Gasteiger partial charge in [-0.2, -0.15) is 4.31 Å². The van der Waals surface area contributed by atoms with Crippen LogP contribution in [0.25, 0.3) is 0 Å². The quantitative estimate of drug-likeness (QED) is 0.852. The minimum atomic E-state index is -3.53. The predicted octanol–water partition coefficient (Wildman–Crippen LogP) is 0.317. The van der Waals surface area contributed by atoms with Crippen molar-refractivity contribution >= 4 is 21.6 Å². The lowest BCUT2D eigenvalue weighted by atomic mass is 10.1. The van der Waals surface area contributed by atoms with Crippen molar-refractivity contribution in [1.29, 1.82) is 0 Å². The fourth-order valence-corrected chi connectivity index (χ4v) is 4.53. The van der Waals surface area contributed by atoms with Gasteiger partial charge in [-0.05, 0) is 36.6 Å². The number of benzene rings is 1. The van der Waals surface area contributed by atoms with Crippen LogP contribution in [0, 0.1) is 0 Å². The highest BCUT2D eigenvalue weighted by atomic mass is 32.2. The Kier molecular flexibility index (Phi) is 3.51. The number of anilines is 1. The van der Waals surface area contributed by atoms with Crippen LogP contribution in [-0.4, -0.2) is 44.8 Å². The molecular formula is C14H19N3O3S. The summed E-state index contributed by atoms with van der Waals surface area (Å²) in [6, 6.07) is 4.79. The molecule has 1 amide bonds. The monoisotopic (exact) mass is 309 g/mol. The first-order valence-corrected chi connectivity index (χ1v) is 8.49. The van der Waals surface area contributed by atoms with Crippen LogP contribution in [0.2, 0.25) is 0 Å². The number of carbonyl (C=O) groups excluding carboxylic acids is 1. The minimum Gasteiger partial charge on any atom is -0.327 e. The van der Waals surface area contributed by atoms with Crippen LogP contribution >= 0.6 is 0 Å². The summed E-state index contributed by atoms with van der Waals surface area (Å²) in [7, 11) is -1.83. The number of piperidine rings is 1. The van der Waals surface area contributed by atoms with Crippen molar-refractivity contribution in [3.05, 3.63) is 23.8 Å². The number of nitrogens with zero attached hydrogens (tertiary/aromatic N) is 2. The van der Waals surface area contributed by atoms with Crippen molar-refractivity contribution in [3.63, 3.8) is 0 Å². The second-order valence-electron chi connectivity index (χ2n) is 5.69.